The lowest BCUT2D eigenvalue weighted by Gasteiger charge is -2.08. The fourth-order valence-corrected chi connectivity index (χ4v) is 2.47. The van der Waals surface area contributed by atoms with E-state index in [4.69, 9.17) is 5.73 Å². The van der Waals surface area contributed by atoms with Crippen LogP contribution >= 0.6 is 31.9 Å². The topological polar surface area (TPSA) is 55.1 Å². The number of nitrogens with one attached hydrogen (secondary N) is 1. The Morgan fingerprint density at radius 2 is 1.89 bits per heavy atom. The van der Waals surface area contributed by atoms with E-state index in [1.54, 1.807) is 24.3 Å². The quantitative estimate of drug-likeness (QED) is 0.759. The van der Waals surface area contributed by atoms with Gasteiger partial charge in [-0.3, -0.25) is 4.79 Å². The third-order valence-corrected chi connectivity index (χ3v) is 3.48. The summed E-state index contributed by atoms with van der Waals surface area (Å²) in [5, 5.41) is 2.68. The van der Waals surface area contributed by atoms with Crippen molar-refractivity contribution in [3.63, 3.8) is 0 Å². The van der Waals surface area contributed by atoms with Crippen molar-refractivity contribution in [3.05, 3.63) is 56.7 Å². The lowest BCUT2D eigenvalue weighted by molar-refractivity contribution is 0.102. The van der Waals surface area contributed by atoms with E-state index < -0.39 is 11.7 Å². The van der Waals surface area contributed by atoms with Gasteiger partial charge in [-0.1, -0.05) is 15.9 Å². The van der Waals surface area contributed by atoms with E-state index in [1.165, 1.54) is 12.1 Å². The first-order valence-electron chi connectivity index (χ1n) is 5.28. The maximum Gasteiger partial charge on any atom is 0.255 e. The number of benzene rings is 2. The highest BCUT2D eigenvalue weighted by Gasteiger charge is 2.10. The molecule has 0 bridgehead atoms. The maximum atomic E-state index is 13.2. The van der Waals surface area contributed by atoms with Crippen molar-refractivity contribution < 1.29 is 9.18 Å². The Hall–Kier alpha value is -1.40. The number of hydrogen-bond acceptors (Lipinski definition) is 2. The summed E-state index contributed by atoms with van der Waals surface area (Å²) in [7, 11) is 0. The second-order valence-corrected chi connectivity index (χ2v) is 5.62. The van der Waals surface area contributed by atoms with Crippen LogP contribution in [0.2, 0.25) is 0 Å². The van der Waals surface area contributed by atoms with E-state index in [2.05, 4.69) is 37.2 Å². The molecule has 0 aliphatic rings. The van der Waals surface area contributed by atoms with Gasteiger partial charge >= 0.3 is 0 Å². The van der Waals surface area contributed by atoms with Gasteiger partial charge in [0.05, 0.1) is 5.69 Å². The Labute approximate surface area is 126 Å². The molecule has 0 radical (unpaired) electrons. The standard InChI is InChI=1S/C13H9Br2FN2O/c14-8-3-7(4-9(16)5-8)13(19)18-12-2-1-10(17)6-11(12)15/h1-6H,17H2,(H,18,19). The first kappa shape index (κ1) is 14.0. The number of carbonyl (C=O) groups is 1. The zero-order valence-corrected chi connectivity index (χ0v) is 12.8. The third-order valence-electron chi connectivity index (χ3n) is 2.37. The van der Waals surface area contributed by atoms with Crippen LogP contribution in [-0.4, -0.2) is 5.91 Å². The number of rotatable bonds is 2. The molecule has 3 N–H and O–H groups in total. The summed E-state index contributed by atoms with van der Waals surface area (Å²) in [4.78, 5) is 12.0. The van der Waals surface area contributed by atoms with Crippen molar-refractivity contribution in [2.24, 2.45) is 0 Å². The fraction of sp³-hybridized carbons (Fsp3) is 0. The summed E-state index contributed by atoms with van der Waals surface area (Å²) >= 11 is 6.44. The van der Waals surface area contributed by atoms with Gasteiger partial charge in [-0.2, -0.15) is 0 Å². The van der Waals surface area contributed by atoms with Crippen molar-refractivity contribution in [3.8, 4) is 0 Å². The normalized spacial score (nSPS) is 10.3. The molecule has 0 aliphatic heterocycles. The van der Waals surface area contributed by atoms with Crippen LogP contribution in [0.5, 0.6) is 0 Å². The van der Waals surface area contributed by atoms with Gasteiger partial charge in [0.1, 0.15) is 5.82 Å². The Morgan fingerprint density at radius 3 is 2.53 bits per heavy atom. The van der Waals surface area contributed by atoms with Gasteiger partial charge in [-0.05, 0) is 52.3 Å². The number of amides is 1. The molecule has 3 nitrogen and oxygen atoms in total. The molecule has 0 fully saturated rings. The van der Waals surface area contributed by atoms with Gasteiger partial charge in [0.25, 0.3) is 5.91 Å². The molecule has 0 atom stereocenters. The zero-order valence-electron chi connectivity index (χ0n) is 9.58. The van der Waals surface area contributed by atoms with Crippen molar-refractivity contribution in [2.45, 2.75) is 0 Å². The molecule has 0 unspecified atom stereocenters. The van der Waals surface area contributed by atoms with Crippen LogP contribution in [0.4, 0.5) is 15.8 Å². The van der Waals surface area contributed by atoms with E-state index in [0.29, 0.717) is 20.3 Å². The first-order valence-corrected chi connectivity index (χ1v) is 6.87. The number of nitrogens with two attached hydrogens (primary N) is 1. The van der Waals surface area contributed by atoms with E-state index in [0.717, 1.165) is 0 Å². The third kappa shape index (κ3) is 3.54. The second kappa shape index (κ2) is 5.71. The summed E-state index contributed by atoms with van der Waals surface area (Å²) in [6, 6.07) is 9.02. The van der Waals surface area contributed by atoms with Crippen molar-refractivity contribution in [1.82, 2.24) is 0 Å². The maximum absolute atomic E-state index is 13.2. The minimum absolute atomic E-state index is 0.232. The highest BCUT2D eigenvalue weighted by Crippen LogP contribution is 2.25. The number of carbonyl (C=O) groups excluding carboxylic acids is 1. The number of hydrogen-bond donors (Lipinski definition) is 2. The zero-order chi connectivity index (χ0) is 14.0. The molecule has 2 aromatic carbocycles. The lowest BCUT2D eigenvalue weighted by atomic mass is 10.2. The van der Waals surface area contributed by atoms with Crippen LogP contribution in [-0.2, 0) is 0 Å². The molecule has 2 aromatic rings. The summed E-state index contributed by atoms with van der Waals surface area (Å²) in [5.41, 5.74) is 6.99. The van der Waals surface area contributed by atoms with Crippen LogP contribution in [0, 0.1) is 5.82 Å². The second-order valence-electron chi connectivity index (χ2n) is 3.85. The molecule has 0 spiro atoms. The molecule has 0 saturated carbocycles. The molecule has 0 saturated heterocycles. The molecule has 0 aliphatic carbocycles. The van der Waals surface area contributed by atoms with Gasteiger partial charge < -0.3 is 11.1 Å². The van der Waals surface area contributed by atoms with Gasteiger partial charge in [0.15, 0.2) is 0 Å². The molecule has 2 rings (SSSR count). The number of halogens is 3. The molecule has 19 heavy (non-hydrogen) atoms. The predicted octanol–water partition coefficient (Wildman–Crippen LogP) is 4.19. The number of anilines is 2. The average Bonchev–Trinajstić information content (AvgIpc) is 2.31. The Bertz CT molecular complexity index is 626. The van der Waals surface area contributed by atoms with Crippen molar-refractivity contribution >= 4 is 49.1 Å². The Balaban J connectivity index is 2.25. The molecule has 6 heteroatoms. The van der Waals surface area contributed by atoms with Crippen LogP contribution in [0.3, 0.4) is 0 Å². The smallest absolute Gasteiger partial charge is 0.255 e. The summed E-state index contributed by atoms with van der Waals surface area (Å²) in [6.07, 6.45) is 0. The monoisotopic (exact) mass is 386 g/mol. The lowest BCUT2D eigenvalue weighted by Crippen LogP contribution is -2.12. The summed E-state index contributed by atoms with van der Waals surface area (Å²) < 4.78 is 14.4. The van der Waals surface area contributed by atoms with Crippen molar-refractivity contribution in [2.75, 3.05) is 11.1 Å². The van der Waals surface area contributed by atoms with E-state index in [9.17, 15) is 9.18 Å². The molecule has 1 amide bonds. The first-order chi connectivity index (χ1) is 8.95. The summed E-state index contributed by atoms with van der Waals surface area (Å²) in [6.45, 7) is 0. The molecular formula is C13H9Br2FN2O. The number of nitrogen functional groups attached to an aromatic ring is 1. The van der Waals surface area contributed by atoms with Crippen LogP contribution in [0.25, 0.3) is 0 Å². The minimum atomic E-state index is -0.476. The Morgan fingerprint density at radius 1 is 1.16 bits per heavy atom. The van der Waals surface area contributed by atoms with Crippen LogP contribution < -0.4 is 11.1 Å². The van der Waals surface area contributed by atoms with E-state index in [-0.39, 0.29) is 5.56 Å². The molecule has 0 heterocycles. The van der Waals surface area contributed by atoms with Crippen LogP contribution in [0.15, 0.2) is 45.3 Å². The van der Waals surface area contributed by atoms with Gasteiger partial charge in [0.2, 0.25) is 0 Å². The average molecular weight is 388 g/mol. The van der Waals surface area contributed by atoms with Crippen molar-refractivity contribution in [1.29, 1.82) is 0 Å². The van der Waals surface area contributed by atoms with Crippen LogP contribution in [0.1, 0.15) is 10.4 Å². The van der Waals surface area contributed by atoms with E-state index >= 15 is 0 Å². The van der Waals surface area contributed by atoms with Gasteiger partial charge in [0, 0.05) is 20.2 Å². The molecule has 0 aromatic heterocycles. The largest absolute Gasteiger partial charge is 0.399 e. The highest BCUT2D eigenvalue weighted by molar-refractivity contribution is 9.10. The van der Waals surface area contributed by atoms with E-state index in [1.807, 2.05) is 0 Å². The SMILES string of the molecule is Nc1ccc(NC(=O)c2cc(F)cc(Br)c2)c(Br)c1. The molecule has 98 valence electrons. The highest BCUT2D eigenvalue weighted by atomic mass is 79.9. The predicted molar refractivity (Wildman–Crippen MR) is 80.6 cm³/mol. The fourth-order valence-electron chi connectivity index (χ4n) is 1.51. The molecular weight excluding hydrogens is 379 g/mol. The minimum Gasteiger partial charge on any atom is -0.399 e. The van der Waals surface area contributed by atoms with Gasteiger partial charge in [-0.15, -0.1) is 0 Å². The Kier molecular flexibility index (Phi) is 4.21. The summed E-state index contributed by atoms with van der Waals surface area (Å²) in [5.74, 6) is -0.874. The van der Waals surface area contributed by atoms with Gasteiger partial charge in [-0.25, -0.2) is 4.39 Å².